The number of anilines is 1. The van der Waals surface area contributed by atoms with Gasteiger partial charge >= 0.3 is 0 Å². The van der Waals surface area contributed by atoms with E-state index in [9.17, 15) is 9.59 Å². The van der Waals surface area contributed by atoms with Crippen molar-refractivity contribution < 1.29 is 9.59 Å². The molecule has 3 N–H and O–H groups in total. The fraction of sp³-hybridized carbons (Fsp3) is 0.308. The lowest BCUT2D eigenvalue weighted by molar-refractivity contribution is -0.118. The summed E-state index contributed by atoms with van der Waals surface area (Å²) in [6.07, 6.45) is 10.8. The molecule has 0 bridgehead atoms. The van der Waals surface area contributed by atoms with E-state index in [1.807, 2.05) is 13.0 Å². The number of nitrogens with one attached hydrogen (secondary N) is 3. The van der Waals surface area contributed by atoms with Crippen molar-refractivity contribution in [3.63, 3.8) is 0 Å². The Balaban J connectivity index is 2.10. The molecule has 6 nitrogen and oxygen atoms in total. The molecule has 0 radical (unpaired) electrons. The Bertz CT molecular complexity index is 449. The molecule has 0 aliphatic rings. The van der Waals surface area contributed by atoms with E-state index in [-0.39, 0.29) is 11.8 Å². The van der Waals surface area contributed by atoms with Gasteiger partial charge in [0.05, 0.1) is 11.9 Å². The smallest absolute Gasteiger partial charge is 0.243 e. The number of nitrogens with zero attached hydrogens (tertiary/aromatic N) is 1. The second kappa shape index (κ2) is 8.68. The van der Waals surface area contributed by atoms with Crippen LogP contribution in [-0.2, 0) is 9.59 Å². The Labute approximate surface area is 112 Å². The third kappa shape index (κ3) is 6.82. The standard InChI is InChI=1S/C13H18N4O2/c1-2-3-4-6-12(18)14-8-5-7-13(19)17-11-9-15-16-10-11/h2-4,6,9-10H,5,7-8H2,1H3,(H,14,18)(H,15,16)(H,17,19). The monoisotopic (exact) mass is 262 g/mol. The van der Waals surface area contributed by atoms with Crippen molar-refractivity contribution in [2.45, 2.75) is 19.8 Å². The zero-order valence-corrected chi connectivity index (χ0v) is 10.8. The van der Waals surface area contributed by atoms with Crippen molar-refractivity contribution in [3.8, 4) is 0 Å². The zero-order chi connectivity index (χ0) is 13.9. The van der Waals surface area contributed by atoms with Gasteiger partial charge in [0.15, 0.2) is 0 Å². The highest BCUT2D eigenvalue weighted by Gasteiger charge is 2.03. The van der Waals surface area contributed by atoms with Gasteiger partial charge in [-0.1, -0.05) is 18.2 Å². The molecule has 1 aromatic heterocycles. The van der Waals surface area contributed by atoms with E-state index >= 15 is 0 Å². The van der Waals surface area contributed by atoms with Crippen molar-refractivity contribution in [2.75, 3.05) is 11.9 Å². The third-order valence-electron chi connectivity index (χ3n) is 2.21. The molecule has 0 saturated heterocycles. The van der Waals surface area contributed by atoms with Gasteiger partial charge in [0.25, 0.3) is 0 Å². The number of aromatic nitrogens is 2. The molecular formula is C13H18N4O2. The van der Waals surface area contributed by atoms with Gasteiger partial charge in [-0.25, -0.2) is 0 Å². The summed E-state index contributed by atoms with van der Waals surface area (Å²) < 4.78 is 0. The number of allylic oxidation sites excluding steroid dienone is 3. The lowest BCUT2D eigenvalue weighted by Crippen LogP contribution is -2.23. The van der Waals surface area contributed by atoms with E-state index in [0.29, 0.717) is 25.1 Å². The molecule has 0 aromatic carbocycles. The van der Waals surface area contributed by atoms with E-state index in [0.717, 1.165) is 0 Å². The zero-order valence-electron chi connectivity index (χ0n) is 10.8. The maximum absolute atomic E-state index is 11.5. The SMILES string of the molecule is CC=CC=CC(=O)NCCCC(=O)Nc1cn[nH]c1. The van der Waals surface area contributed by atoms with Gasteiger partial charge in [-0.3, -0.25) is 14.7 Å². The molecule has 102 valence electrons. The minimum absolute atomic E-state index is 0.0971. The summed E-state index contributed by atoms with van der Waals surface area (Å²) in [5, 5.41) is 11.7. The van der Waals surface area contributed by atoms with Gasteiger partial charge in [0, 0.05) is 25.2 Å². The van der Waals surface area contributed by atoms with Crippen LogP contribution in [0.1, 0.15) is 19.8 Å². The number of hydrogen-bond acceptors (Lipinski definition) is 3. The Morgan fingerprint density at radius 1 is 1.42 bits per heavy atom. The van der Waals surface area contributed by atoms with Gasteiger partial charge in [-0.2, -0.15) is 5.10 Å². The summed E-state index contributed by atoms with van der Waals surface area (Å²) in [4.78, 5) is 22.8. The van der Waals surface area contributed by atoms with Crippen LogP contribution >= 0.6 is 0 Å². The fourth-order valence-corrected chi connectivity index (χ4v) is 1.32. The number of aromatic amines is 1. The minimum Gasteiger partial charge on any atom is -0.353 e. The minimum atomic E-state index is -0.159. The van der Waals surface area contributed by atoms with E-state index in [4.69, 9.17) is 0 Å². The molecule has 0 atom stereocenters. The van der Waals surface area contributed by atoms with E-state index in [1.54, 1.807) is 18.3 Å². The van der Waals surface area contributed by atoms with Crippen molar-refractivity contribution in [1.29, 1.82) is 0 Å². The molecule has 19 heavy (non-hydrogen) atoms. The summed E-state index contributed by atoms with van der Waals surface area (Å²) in [6, 6.07) is 0. The first-order valence-corrected chi connectivity index (χ1v) is 6.08. The highest BCUT2D eigenvalue weighted by Crippen LogP contribution is 2.02. The molecule has 0 fully saturated rings. The molecule has 1 rings (SSSR count). The van der Waals surface area contributed by atoms with Gasteiger partial charge in [0.2, 0.25) is 11.8 Å². The predicted molar refractivity (Wildman–Crippen MR) is 73.4 cm³/mol. The second-order valence-corrected chi connectivity index (χ2v) is 3.81. The van der Waals surface area contributed by atoms with Crippen LogP contribution in [0, 0.1) is 0 Å². The predicted octanol–water partition coefficient (Wildman–Crippen LogP) is 1.38. The topological polar surface area (TPSA) is 86.9 Å². The molecule has 2 amide bonds. The number of carbonyl (C=O) groups is 2. The molecule has 0 saturated carbocycles. The molecule has 1 aromatic rings. The van der Waals surface area contributed by atoms with Gasteiger partial charge in [-0.15, -0.1) is 0 Å². The number of carbonyl (C=O) groups excluding carboxylic acids is 2. The van der Waals surface area contributed by atoms with E-state index < -0.39 is 0 Å². The Hall–Kier alpha value is -2.37. The molecule has 6 heteroatoms. The lowest BCUT2D eigenvalue weighted by Gasteiger charge is -2.03. The first-order valence-electron chi connectivity index (χ1n) is 6.08. The normalized spacial score (nSPS) is 11.0. The van der Waals surface area contributed by atoms with Gasteiger partial charge < -0.3 is 10.6 Å². The Kier molecular flexibility index (Phi) is 6.71. The van der Waals surface area contributed by atoms with Crippen LogP contribution in [0.25, 0.3) is 0 Å². The lowest BCUT2D eigenvalue weighted by atomic mass is 10.3. The Morgan fingerprint density at radius 3 is 2.95 bits per heavy atom. The van der Waals surface area contributed by atoms with E-state index in [1.165, 1.54) is 12.3 Å². The molecular weight excluding hydrogens is 244 g/mol. The summed E-state index contributed by atoms with van der Waals surface area (Å²) in [5.41, 5.74) is 0.642. The number of amides is 2. The second-order valence-electron chi connectivity index (χ2n) is 3.81. The van der Waals surface area contributed by atoms with Crippen molar-refractivity contribution >= 4 is 17.5 Å². The van der Waals surface area contributed by atoms with E-state index in [2.05, 4.69) is 20.8 Å². The van der Waals surface area contributed by atoms with Crippen LogP contribution in [0.3, 0.4) is 0 Å². The van der Waals surface area contributed by atoms with Crippen LogP contribution in [0.5, 0.6) is 0 Å². The van der Waals surface area contributed by atoms with Crippen LogP contribution in [0.15, 0.2) is 36.7 Å². The highest BCUT2D eigenvalue weighted by atomic mass is 16.2. The summed E-state index contributed by atoms with van der Waals surface area (Å²) >= 11 is 0. The quantitative estimate of drug-likeness (QED) is 0.394. The molecule has 0 aliphatic carbocycles. The average Bonchev–Trinajstić information content (AvgIpc) is 2.88. The molecule has 0 unspecified atom stereocenters. The Morgan fingerprint density at radius 2 is 2.26 bits per heavy atom. The van der Waals surface area contributed by atoms with Crippen molar-refractivity contribution in [1.82, 2.24) is 15.5 Å². The van der Waals surface area contributed by atoms with Gasteiger partial charge in [0.1, 0.15) is 0 Å². The average molecular weight is 262 g/mol. The summed E-state index contributed by atoms with van der Waals surface area (Å²) in [7, 11) is 0. The molecule has 0 spiro atoms. The first-order chi connectivity index (χ1) is 9.22. The van der Waals surface area contributed by atoms with Crippen molar-refractivity contribution in [3.05, 3.63) is 36.7 Å². The van der Waals surface area contributed by atoms with Crippen LogP contribution in [-0.4, -0.2) is 28.6 Å². The molecule has 0 aliphatic heterocycles. The first kappa shape index (κ1) is 14.7. The van der Waals surface area contributed by atoms with Gasteiger partial charge in [-0.05, 0) is 13.3 Å². The number of H-pyrrole nitrogens is 1. The van der Waals surface area contributed by atoms with Crippen LogP contribution in [0.2, 0.25) is 0 Å². The van der Waals surface area contributed by atoms with Crippen LogP contribution < -0.4 is 10.6 Å². The molecule has 1 heterocycles. The maximum atomic E-state index is 11.5. The summed E-state index contributed by atoms with van der Waals surface area (Å²) in [6.45, 7) is 2.35. The van der Waals surface area contributed by atoms with Crippen molar-refractivity contribution in [2.24, 2.45) is 0 Å². The third-order valence-corrected chi connectivity index (χ3v) is 2.21. The van der Waals surface area contributed by atoms with Crippen LogP contribution in [0.4, 0.5) is 5.69 Å². The largest absolute Gasteiger partial charge is 0.353 e. The number of rotatable bonds is 7. The maximum Gasteiger partial charge on any atom is 0.243 e. The fourth-order valence-electron chi connectivity index (χ4n) is 1.32. The number of hydrogen-bond donors (Lipinski definition) is 3. The highest BCUT2D eigenvalue weighted by molar-refractivity contribution is 5.90. The summed E-state index contributed by atoms with van der Waals surface area (Å²) in [5.74, 6) is -0.256.